The summed E-state index contributed by atoms with van der Waals surface area (Å²) in [5, 5.41) is 0.722. The molecule has 2 rings (SSSR count). The van der Waals surface area contributed by atoms with E-state index in [1.807, 2.05) is 6.92 Å². The summed E-state index contributed by atoms with van der Waals surface area (Å²) in [6.07, 6.45) is 1.72. The van der Waals surface area contributed by atoms with Gasteiger partial charge in [0.1, 0.15) is 9.90 Å². The van der Waals surface area contributed by atoms with Crippen molar-refractivity contribution < 1.29 is 8.42 Å². The van der Waals surface area contributed by atoms with E-state index in [9.17, 15) is 8.42 Å². The Kier molecular flexibility index (Phi) is 4.48. The first-order valence-corrected chi connectivity index (χ1v) is 8.88. The van der Waals surface area contributed by atoms with Crippen LogP contribution in [-0.4, -0.2) is 13.4 Å². The first-order chi connectivity index (χ1) is 9.29. The van der Waals surface area contributed by atoms with Crippen molar-refractivity contribution in [2.75, 3.05) is 5.73 Å². The minimum Gasteiger partial charge on any atom is -0.398 e. The number of nitrogens with one attached hydrogen (secondary N) is 1. The summed E-state index contributed by atoms with van der Waals surface area (Å²) in [6.45, 7) is 3.68. The number of nitrogen functional groups attached to an aromatic ring is 1. The molecule has 1 atom stereocenters. The van der Waals surface area contributed by atoms with Crippen molar-refractivity contribution in [2.45, 2.75) is 24.8 Å². The molecule has 20 heavy (non-hydrogen) atoms. The molecule has 0 fully saturated rings. The number of nitrogens with two attached hydrogens (primary N) is 1. The average molecular weight is 376 g/mol. The van der Waals surface area contributed by atoms with E-state index >= 15 is 0 Å². The highest BCUT2D eigenvalue weighted by molar-refractivity contribution is 9.10. The lowest BCUT2D eigenvalue weighted by atomic mass is 10.3. The van der Waals surface area contributed by atoms with E-state index in [2.05, 4.69) is 25.6 Å². The zero-order valence-corrected chi connectivity index (χ0v) is 14.1. The van der Waals surface area contributed by atoms with Crippen LogP contribution in [0.1, 0.15) is 22.9 Å². The lowest BCUT2D eigenvalue weighted by Gasteiger charge is -2.13. The topological polar surface area (TPSA) is 85.1 Å². The number of aromatic nitrogens is 1. The Morgan fingerprint density at radius 3 is 2.75 bits per heavy atom. The molecule has 0 aliphatic carbocycles. The number of hydrogen-bond donors (Lipinski definition) is 2. The maximum absolute atomic E-state index is 12.4. The molecular formula is C12H14BrN3O2S2. The maximum atomic E-state index is 12.4. The lowest BCUT2D eigenvalue weighted by molar-refractivity contribution is 0.566. The van der Waals surface area contributed by atoms with Gasteiger partial charge < -0.3 is 5.73 Å². The third-order valence-corrected chi connectivity index (χ3v) is 5.79. The predicted molar refractivity (Wildman–Crippen MR) is 84.1 cm³/mol. The van der Waals surface area contributed by atoms with Gasteiger partial charge in [-0.15, -0.1) is 11.3 Å². The zero-order chi connectivity index (χ0) is 14.9. The molecule has 5 nitrogen and oxygen atoms in total. The number of aryl methyl sites for hydroxylation is 1. The van der Waals surface area contributed by atoms with E-state index in [1.165, 1.54) is 17.4 Å². The fourth-order valence-corrected chi connectivity index (χ4v) is 4.39. The Balaban J connectivity index is 2.29. The van der Waals surface area contributed by atoms with Crippen molar-refractivity contribution in [1.29, 1.82) is 0 Å². The Bertz CT molecular complexity index is 728. The first kappa shape index (κ1) is 15.4. The number of hydrogen-bond acceptors (Lipinski definition) is 5. The summed E-state index contributed by atoms with van der Waals surface area (Å²) in [6, 6.07) is 4.33. The minimum absolute atomic E-state index is 0.0620. The van der Waals surface area contributed by atoms with E-state index < -0.39 is 16.1 Å². The monoisotopic (exact) mass is 375 g/mol. The summed E-state index contributed by atoms with van der Waals surface area (Å²) in [7, 11) is -3.69. The number of benzene rings is 1. The van der Waals surface area contributed by atoms with E-state index in [1.54, 1.807) is 25.3 Å². The number of thiazole rings is 1. The van der Waals surface area contributed by atoms with Gasteiger partial charge in [-0.3, -0.25) is 0 Å². The van der Waals surface area contributed by atoms with Crippen molar-refractivity contribution in [1.82, 2.24) is 9.71 Å². The molecule has 0 bridgehead atoms. The molecule has 0 radical (unpaired) electrons. The van der Waals surface area contributed by atoms with Gasteiger partial charge in [0.15, 0.2) is 0 Å². The summed E-state index contributed by atoms with van der Waals surface area (Å²) < 4.78 is 28.0. The quantitative estimate of drug-likeness (QED) is 0.804. The van der Waals surface area contributed by atoms with Gasteiger partial charge >= 0.3 is 0 Å². The second kappa shape index (κ2) is 5.80. The molecule has 3 N–H and O–H groups in total. The predicted octanol–water partition coefficient (Wildman–Crippen LogP) is 2.84. The lowest BCUT2D eigenvalue weighted by Crippen LogP contribution is -2.27. The van der Waals surface area contributed by atoms with Gasteiger partial charge in [-0.05, 0) is 32.0 Å². The van der Waals surface area contributed by atoms with Gasteiger partial charge in [-0.25, -0.2) is 18.1 Å². The van der Waals surface area contributed by atoms with E-state index in [0.29, 0.717) is 4.47 Å². The Hall–Kier alpha value is -0.960. The molecule has 0 saturated carbocycles. The molecule has 1 aromatic heterocycles. The molecule has 1 unspecified atom stereocenters. The van der Waals surface area contributed by atoms with Crippen LogP contribution in [0.5, 0.6) is 0 Å². The zero-order valence-electron chi connectivity index (χ0n) is 10.9. The molecule has 1 aromatic carbocycles. The van der Waals surface area contributed by atoms with E-state index in [-0.39, 0.29) is 10.6 Å². The molecule has 0 aliphatic rings. The molecular weight excluding hydrogens is 362 g/mol. The van der Waals surface area contributed by atoms with Crippen LogP contribution >= 0.6 is 27.3 Å². The van der Waals surface area contributed by atoms with Crippen LogP contribution in [-0.2, 0) is 10.0 Å². The molecule has 8 heteroatoms. The van der Waals surface area contributed by atoms with Gasteiger partial charge in [0.05, 0.1) is 11.7 Å². The number of halogens is 1. The molecule has 0 spiro atoms. The van der Waals surface area contributed by atoms with Gasteiger partial charge in [-0.2, -0.15) is 0 Å². The van der Waals surface area contributed by atoms with E-state index in [4.69, 9.17) is 5.73 Å². The molecule has 0 saturated heterocycles. The first-order valence-electron chi connectivity index (χ1n) is 5.79. The Labute approximate surface area is 130 Å². The van der Waals surface area contributed by atoms with E-state index in [0.717, 1.165) is 9.88 Å². The number of anilines is 1. The molecule has 2 aromatic rings. The van der Waals surface area contributed by atoms with Crippen molar-refractivity contribution in [2.24, 2.45) is 0 Å². The average Bonchev–Trinajstić information content (AvgIpc) is 2.78. The van der Waals surface area contributed by atoms with Crippen LogP contribution in [0.15, 0.2) is 33.8 Å². The molecule has 0 amide bonds. The second-order valence-corrected chi connectivity index (χ2v) is 8.20. The van der Waals surface area contributed by atoms with Crippen molar-refractivity contribution in [3.05, 3.63) is 38.8 Å². The fourth-order valence-electron chi connectivity index (χ4n) is 1.66. The standard InChI is InChI=1S/C12H14BrN3O2S2/c1-7-6-15-12(19-7)8(2)16-20(17,18)11-5-9(13)3-4-10(11)14/h3-6,8,16H,14H2,1-2H3. The Morgan fingerprint density at radius 2 is 2.15 bits per heavy atom. The van der Waals surface area contributed by atoms with Gasteiger partial charge in [0.25, 0.3) is 0 Å². The maximum Gasteiger partial charge on any atom is 0.243 e. The second-order valence-electron chi connectivity index (χ2n) is 4.33. The largest absolute Gasteiger partial charge is 0.398 e. The minimum atomic E-state index is -3.69. The highest BCUT2D eigenvalue weighted by atomic mass is 79.9. The fraction of sp³-hybridized carbons (Fsp3) is 0.250. The summed E-state index contributed by atoms with van der Waals surface area (Å²) in [4.78, 5) is 5.28. The molecule has 108 valence electrons. The normalized spacial score (nSPS) is 13.3. The number of nitrogens with zero attached hydrogens (tertiary/aromatic N) is 1. The Morgan fingerprint density at radius 1 is 1.45 bits per heavy atom. The van der Waals surface area contributed by atoms with Crippen LogP contribution in [0.3, 0.4) is 0 Å². The van der Waals surface area contributed by atoms with Crippen LogP contribution in [0, 0.1) is 6.92 Å². The van der Waals surface area contributed by atoms with Crippen LogP contribution in [0.2, 0.25) is 0 Å². The van der Waals surface area contributed by atoms with Crippen LogP contribution in [0.25, 0.3) is 0 Å². The van der Waals surface area contributed by atoms with Crippen molar-refractivity contribution in [3.63, 3.8) is 0 Å². The van der Waals surface area contributed by atoms with Gasteiger partial charge in [0, 0.05) is 15.5 Å². The molecule has 0 aliphatic heterocycles. The molecule has 1 heterocycles. The highest BCUT2D eigenvalue weighted by Gasteiger charge is 2.22. The van der Waals surface area contributed by atoms with Crippen molar-refractivity contribution >= 4 is 43.0 Å². The van der Waals surface area contributed by atoms with Gasteiger partial charge in [-0.1, -0.05) is 15.9 Å². The number of rotatable bonds is 4. The smallest absolute Gasteiger partial charge is 0.243 e. The van der Waals surface area contributed by atoms with Gasteiger partial charge in [0.2, 0.25) is 10.0 Å². The summed E-state index contributed by atoms with van der Waals surface area (Å²) in [5.41, 5.74) is 5.95. The van der Waals surface area contributed by atoms with Crippen molar-refractivity contribution in [3.8, 4) is 0 Å². The third-order valence-electron chi connectivity index (χ3n) is 2.61. The highest BCUT2D eigenvalue weighted by Crippen LogP contribution is 2.26. The summed E-state index contributed by atoms with van der Waals surface area (Å²) in [5.74, 6) is 0. The van der Waals surface area contributed by atoms with Crippen LogP contribution < -0.4 is 10.5 Å². The third kappa shape index (κ3) is 3.38. The van der Waals surface area contributed by atoms with Crippen LogP contribution in [0.4, 0.5) is 5.69 Å². The SMILES string of the molecule is Cc1cnc(C(C)NS(=O)(=O)c2cc(Br)ccc2N)s1. The summed E-state index contributed by atoms with van der Waals surface area (Å²) >= 11 is 4.71. The number of sulfonamides is 1.